The molecule has 0 aliphatic carbocycles. The molecule has 0 radical (unpaired) electrons. The van der Waals surface area contributed by atoms with Gasteiger partial charge in [-0.1, -0.05) is 11.6 Å². The summed E-state index contributed by atoms with van der Waals surface area (Å²) in [6, 6.07) is 1.84. The average molecular weight is 332 g/mol. The van der Waals surface area contributed by atoms with Crippen molar-refractivity contribution in [3.05, 3.63) is 28.8 Å². The Kier molecular flexibility index (Phi) is 4.22. The second kappa shape index (κ2) is 5.63. The van der Waals surface area contributed by atoms with Gasteiger partial charge >= 0.3 is 0 Å². The van der Waals surface area contributed by atoms with Crippen LogP contribution in [-0.2, 0) is 14.8 Å². The average Bonchev–Trinajstić information content (AvgIpc) is 2.88. The van der Waals surface area contributed by atoms with Crippen molar-refractivity contribution in [2.45, 2.75) is 23.8 Å². The summed E-state index contributed by atoms with van der Waals surface area (Å²) >= 11 is 5.65. The van der Waals surface area contributed by atoms with Crippen molar-refractivity contribution in [1.29, 1.82) is 0 Å². The number of carbonyl (C=O) groups is 2. The zero-order valence-electron chi connectivity index (χ0n) is 10.6. The molecule has 0 saturated carbocycles. The predicted molar refractivity (Wildman–Crippen MR) is 67.7 cm³/mol. The Hall–Kier alpha value is -1.64. The summed E-state index contributed by atoms with van der Waals surface area (Å²) in [6.07, 6.45) is 0.543. The third-order valence-electron chi connectivity index (χ3n) is 3.24. The van der Waals surface area contributed by atoms with Gasteiger partial charge in [-0.3, -0.25) is 0 Å². The first-order valence-electron chi connectivity index (χ1n) is 5.98. The zero-order chi connectivity index (χ0) is 15.8. The number of hydrogen-bond acceptors (Lipinski definition) is 6. The van der Waals surface area contributed by atoms with Crippen LogP contribution < -0.4 is 10.2 Å². The molecule has 1 heterocycles. The van der Waals surface area contributed by atoms with Crippen LogP contribution in [0.3, 0.4) is 0 Å². The first-order valence-corrected chi connectivity index (χ1v) is 7.80. The molecular formula is C12H10ClNO6S-2. The van der Waals surface area contributed by atoms with Crippen molar-refractivity contribution in [3.8, 4) is 0 Å². The minimum absolute atomic E-state index is 0.0320. The lowest BCUT2D eigenvalue weighted by Crippen LogP contribution is -2.46. The van der Waals surface area contributed by atoms with Crippen LogP contribution in [0.25, 0.3) is 0 Å². The number of benzene rings is 1. The van der Waals surface area contributed by atoms with Crippen LogP contribution in [0.15, 0.2) is 23.1 Å². The highest BCUT2D eigenvalue weighted by molar-refractivity contribution is 7.89. The van der Waals surface area contributed by atoms with Crippen molar-refractivity contribution in [3.63, 3.8) is 0 Å². The van der Waals surface area contributed by atoms with Crippen LogP contribution in [0.4, 0.5) is 0 Å². The Morgan fingerprint density at radius 2 is 1.95 bits per heavy atom. The van der Waals surface area contributed by atoms with Crippen molar-refractivity contribution >= 4 is 33.6 Å². The van der Waals surface area contributed by atoms with Crippen molar-refractivity contribution in [2.24, 2.45) is 0 Å². The molecule has 21 heavy (non-hydrogen) atoms. The quantitative estimate of drug-likeness (QED) is 0.670. The summed E-state index contributed by atoms with van der Waals surface area (Å²) in [4.78, 5) is 21.5. The lowest BCUT2D eigenvalue weighted by atomic mass is 10.2. The van der Waals surface area contributed by atoms with Gasteiger partial charge in [0, 0.05) is 17.1 Å². The zero-order valence-corrected chi connectivity index (χ0v) is 12.2. The molecule has 114 valence electrons. The largest absolute Gasteiger partial charge is 0.548 e. The normalized spacial score (nSPS) is 19.6. The highest BCUT2D eigenvalue weighted by atomic mass is 35.5. The SMILES string of the molecule is O=C([O-])c1cc(S(=O)(=O)N2CCC[C@@H]2C(=O)[O-])ccc1Cl. The van der Waals surface area contributed by atoms with E-state index in [2.05, 4.69) is 0 Å². The molecule has 1 saturated heterocycles. The molecule has 1 aliphatic rings. The number of aliphatic carboxylic acids is 1. The van der Waals surface area contributed by atoms with Gasteiger partial charge in [-0.25, -0.2) is 8.42 Å². The molecule has 0 N–H and O–H groups in total. The highest BCUT2D eigenvalue weighted by Crippen LogP contribution is 2.28. The highest BCUT2D eigenvalue weighted by Gasteiger charge is 2.36. The van der Waals surface area contributed by atoms with Crippen molar-refractivity contribution < 1.29 is 28.2 Å². The van der Waals surface area contributed by atoms with Crippen LogP contribution >= 0.6 is 11.6 Å². The third kappa shape index (κ3) is 2.87. The number of rotatable bonds is 4. The van der Waals surface area contributed by atoms with Crippen LogP contribution in [0.5, 0.6) is 0 Å². The molecule has 2 rings (SSSR count). The standard InChI is InChI=1S/C12H12ClNO6S/c13-9-4-3-7(6-8(9)11(15)16)21(19,20)14-5-1-2-10(14)12(17)18/h3-4,6,10H,1-2,5H2,(H,15,16)(H,17,18)/p-2/t10-/m1/s1. The van der Waals surface area contributed by atoms with Crippen LogP contribution in [0.2, 0.25) is 5.02 Å². The van der Waals surface area contributed by atoms with Crippen LogP contribution in [0, 0.1) is 0 Å². The summed E-state index contributed by atoms with van der Waals surface area (Å²) < 4.78 is 25.6. The van der Waals surface area contributed by atoms with E-state index in [9.17, 15) is 28.2 Å². The van der Waals surface area contributed by atoms with Gasteiger partial charge in [0.15, 0.2) is 0 Å². The van der Waals surface area contributed by atoms with Gasteiger partial charge in [0.25, 0.3) is 0 Å². The van der Waals surface area contributed by atoms with Gasteiger partial charge in [-0.2, -0.15) is 4.31 Å². The van der Waals surface area contributed by atoms with Gasteiger partial charge < -0.3 is 19.8 Å². The summed E-state index contributed by atoms with van der Waals surface area (Å²) in [5, 5.41) is 21.7. The summed E-state index contributed by atoms with van der Waals surface area (Å²) in [7, 11) is -4.14. The molecule has 1 aliphatic heterocycles. The minimum Gasteiger partial charge on any atom is -0.548 e. The second-order valence-electron chi connectivity index (χ2n) is 4.52. The van der Waals surface area contributed by atoms with E-state index in [1.54, 1.807) is 0 Å². The second-order valence-corrected chi connectivity index (χ2v) is 6.82. The fourth-order valence-corrected chi connectivity index (χ4v) is 4.09. The number of halogens is 1. The molecule has 0 aromatic heterocycles. The van der Waals surface area contributed by atoms with Gasteiger partial charge in [0.2, 0.25) is 10.0 Å². The van der Waals surface area contributed by atoms with Crippen molar-refractivity contribution in [1.82, 2.24) is 4.31 Å². The van der Waals surface area contributed by atoms with E-state index < -0.39 is 33.6 Å². The van der Waals surface area contributed by atoms with E-state index in [0.717, 1.165) is 22.5 Å². The van der Waals surface area contributed by atoms with Crippen LogP contribution in [0.1, 0.15) is 23.2 Å². The lowest BCUT2D eigenvalue weighted by molar-refractivity contribution is -0.309. The number of carbonyl (C=O) groups excluding carboxylic acids is 2. The fourth-order valence-electron chi connectivity index (χ4n) is 2.22. The molecule has 0 spiro atoms. The molecule has 1 aromatic carbocycles. The molecule has 7 nitrogen and oxygen atoms in total. The molecule has 9 heteroatoms. The maximum absolute atomic E-state index is 12.4. The third-order valence-corrected chi connectivity index (χ3v) is 5.47. The maximum Gasteiger partial charge on any atom is 0.243 e. The van der Waals surface area contributed by atoms with Gasteiger partial charge in [0.1, 0.15) is 0 Å². The monoisotopic (exact) mass is 331 g/mol. The summed E-state index contributed by atoms with van der Waals surface area (Å²) in [6.45, 7) is 0.0320. The van der Waals surface area contributed by atoms with E-state index in [1.165, 1.54) is 0 Å². The number of aromatic carboxylic acids is 1. The van der Waals surface area contributed by atoms with E-state index in [1.807, 2.05) is 0 Å². The van der Waals surface area contributed by atoms with Gasteiger partial charge in [-0.05, 0) is 31.0 Å². The maximum atomic E-state index is 12.4. The van der Waals surface area contributed by atoms with Gasteiger partial charge in [0.05, 0.1) is 22.9 Å². The van der Waals surface area contributed by atoms with Gasteiger partial charge in [-0.15, -0.1) is 0 Å². The van der Waals surface area contributed by atoms with E-state index in [4.69, 9.17) is 11.6 Å². The molecule has 0 amide bonds. The molecule has 1 aromatic rings. The fraction of sp³-hybridized carbons (Fsp3) is 0.333. The number of carboxylic acid groups (broad SMARTS) is 2. The number of hydrogen-bond donors (Lipinski definition) is 0. The number of sulfonamides is 1. The Balaban J connectivity index is 2.47. The number of nitrogens with zero attached hydrogens (tertiary/aromatic N) is 1. The van der Waals surface area contributed by atoms with E-state index in [-0.39, 0.29) is 22.9 Å². The Bertz CT molecular complexity index is 702. The summed E-state index contributed by atoms with van der Waals surface area (Å²) in [5.41, 5.74) is -0.470. The first-order chi connectivity index (χ1) is 9.75. The minimum atomic E-state index is -4.14. The van der Waals surface area contributed by atoms with Crippen LogP contribution in [-0.4, -0.2) is 37.2 Å². The Morgan fingerprint density at radius 1 is 1.29 bits per heavy atom. The predicted octanol–water partition coefficient (Wildman–Crippen LogP) is -1.39. The molecular weight excluding hydrogens is 322 g/mol. The lowest BCUT2D eigenvalue weighted by Gasteiger charge is -2.25. The number of carboxylic acids is 2. The summed E-state index contributed by atoms with van der Waals surface area (Å²) in [5.74, 6) is -3.10. The first kappa shape index (κ1) is 15.7. The molecule has 0 bridgehead atoms. The molecule has 1 atom stereocenters. The van der Waals surface area contributed by atoms with E-state index in [0.29, 0.717) is 6.42 Å². The molecule has 1 fully saturated rings. The van der Waals surface area contributed by atoms with E-state index >= 15 is 0 Å². The Labute approximate surface area is 125 Å². The topological polar surface area (TPSA) is 118 Å². The Morgan fingerprint density at radius 3 is 2.52 bits per heavy atom. The molecule has 0 unspecified atom stereocenters. The smallest absolute Gasteiger partial charge is 0.243 e. The van der Waals surface area contributed by atoms with Crippen molar-refractivity contribution in [2.75, 3.05) is 6.54 Å².